The second-order valence-corrected chi connectivity index (χ2v) is 7.24. The van der Waals surface area contributed by atoms with Gasteiger partial charge in [-0.3, -0.25) is 15.1 Å². The predicted molar refractivity (Wildman–Crippen MR) is 90.0 cm³/mol. The lowest BCUT2D eigenvalue weighted by Crippen LogP contribution is -2.28. The zero-order valence-electron chi connectivity index (χ0n) is 13.0. The molecule has 0 unspecified atom stereocenters. The van der Waals surface area contributed by atoms with Gasteiger partial charge in [0.25, 0.3) is 5.91 Å². The van der Waals surface area contributed by atoms with Crippen molar-refractivity contribution in [3.63, 3.8) is 0 Å². The van der Waals surface area contributed by atoms with Gasteiger partial charge < -0.3 is 9.52 Å². The molecule has 1 aromatic carbocycles. The molecule has 0 saturated heterocycles. The van der Waals surface area contributed by atoms with Crippen LogP contribution in [0.15, 0.2) is 63.2 Å². The van der Waals surface area contributed by atoms with Crippen LogP contribution >= 0.6 is 0 Å². The van der Waals surface area contributed by atoms with Crippen molar-refractivity contribution in [1.29, 1.82) is 0 Å². The molecule has 2 aromatic rings. The van der Waals surface area contributed by atoms with E-state index in [1.807, 2.05) is 0 Å². The first-order chi connectivity index (χ1) is 12.0. The normalized spacial score (nSPS) is 14.6. The van der Waals surface area contributed by atoms with E-state index in [-0.39, 0.29) is 28.6 Å². The minimum Gasteiger partial charge on any atom is -0.504 e. The van der Waals surface area contributed by atoms with Crippen LogP contribution in [0.3, 0.4) is 0 Å². The summed E-state index contributed by atoms with van der Waals surface area (Å²) in [6.45, 7) is 0.190. The van der Waals surface area contributed by atoms with Gasteiger partial charge in [-0.1, -0.05) is 18.2 Å². The summed E-state index contributed by atoms with van der Waals surface area (Å²) in [6.07, 6.45) is 3.50. The molecule has 0 spiro atoms. The monoisotopic (exact) mass is 361 g/mol. The number of benzene rings is 1. The Kier molecular flexibility index (Phi) is 4.57. The van der Waals surface area contributed by atoms with Gasteiger partial charge >= 0.3 is 0 Å². The Morgan fingerprint density at radius 2 is 2.08 bits per heavy atom. The van der Waals surface area contributed by atoms with Crippen molar-refractivity contribution in [3.8, 4) is 0 Å². The van der Waals surface area contributed by atoms with Crippen LogP contribution in [-0.4, -0.2) is 37.3 Å². The highest BCUT2D eigenvalue weighted by atomic mass is 32.2. The van der Waals surface area contributed by atoms with Crippen molar-refractivity contribution >= 4 is 27.8 Å². The van der Waals surface area contributed by atoms with Crippen LogP contribution in [0.1, 0.15) is 11.3 Å². The number of aliphatic hydroxyl groups is 1. The van der Waals surface area contributed by atoms with Gasteiger partial charge in [0.15, 0.2) is 21.4 Å². The first kappa shape index (κ1) is 16.8. The molecule has 1 amide bonds. The first-order valence-corrected chi connectivity index (χ1v) is 8.94. The average Bonchev–Trinajstić information content (AvgIpc) is 3.27. The Morgan fingerprint density at radius 3 is 2.76 bits per heavy atom. The Bertz CT molecular complexity index is 932. The highest BCUT2D eigenvalue weighted by molar-refractivity contribution is 7.90. The highest BCUT2D eigenvalue weighted by Crippen LogP contribution is 2.24. The summed E-state index contributed by atoms with van der Waals surface area (Å²) in [6, 6.07) is 9.42. The van der Waals surface area contributed by atoms with Gasteiger partial charge in [-0.2, -0.15) is 5.10 Å². The van der Waals surface area contributed by atoms with E-state index in [0.29, 0.717) is 0 Å². The van der Waals surface area contributed by atoms with Gasteiger partial charge in [0, 0.05) is 11.6 Å². The van der Waals surface area contributed by atoms with Crippen molar-refractivity contribution in [1.82, 2.24) is 10.3 Å². The van der Waals surface area contributed by atoms with Crippen LogP contribution in [0, 0.1) is 0 Å². The maximum atomic E-state index is 12.5. The number of hydrazone groups is 1. The molecule has 0 saturated carbocycles. The molecule has 1 aliphatic rings. The summed E-state index contributed by atoms with van der Waals surface area (Å²) in [5, 5.41) is 13.8. The molecule has 0 atom stereocenters. The van der Waals surface area contributed by atoms with Crippen LogP contribution in [0.25, 0.3) is 5.76 Å². The minimum absolute atomic E-state index is 0.0584. The number of hydrogen-bond donors (Lipinski definition) is 2. The van der Waals surface area contributed by atoms with E-state index in [0.717, 1.165) is 6.08 Å². The molecule has 9 heteroatoms. The predicted octanol–water partition coefficient (Wildman–Crippen LogP) is 1.48. The number of nitrogens with zero attached hydrogens (tertiary/aromatic N) is 2. The number of carbonyl (C=O) groups excluding carboxylic acids is 1. The molecule has 0 radical (unpaired) electrons. The molecule has 0 aliphatic carbocycles. The maximum absolute atomic E-state index is 12.5. The van der Waals surface area contributed by atoms with Gasteiger partial charge in [-0.05, 0) is 18.2 Å². The quantitative estimate of drug-likeness (QED) is 0.616. The van der Waals surface area contributed by atoms with E-state index in [2.05, 4.69) is 10.5 Å². The van der Waals surface area contributed by atoms with Crippen LogP contribution in [-0.2, 0) is 20.4 Å². The second kappa shape index (κ2) is 6.81. The van der Waals surface area contributed by atoms with Gasteiger partial charge in [-0.15, -0.1) is 0 Å². The van der Waals surface area contributed by atoms with E-state index in [4.69, 9.17) is 4.42 Å². The molecule has 8 nitrogen and oxygen atoms in total. The lowest BCUT2D eigenvalue weighted by Gasteiger charge is -2.08. The first-order valence-electron chi connectivity index (χ1n) is 7.29. The van der Waals surface area contributed by atoms with E-state index in [1.165, 1.54) is 35.7 Å². The standard InChI is InChI=1S/C16H15N3O5S/c20-14(8-15(21)19-10-17-18-11-19)16-12(6-7-24-16)9-25(22,23)13-4-2-1-3-5-13/h1-8,10,18,20H,9,11H2. The zero-order valence-corrected chi connectivity index (χ0v) is 13.8. The molecule has 130 valence electrons. The van der Waals surface area contributed by atoms with Gasteiger partial charge in [-0.25, -0.2) is 8.42 Å². The number of hydrogen-bond acceptors (Lipinski definition) is 7. The summed E-state index contributed by atoms with van der Waals surface area (Å²) in [5.41, 5.74) is 2.85. The molecule has 2 heterocycles. The number of amides is 1. The Balaban J connectivity index is 1.83. The summed E-state index contributed by atoms with van der Waals surface area (Å²) in [7, 11) is -3.61. The summed E-state index contributed by atoms with van der Waals surface area (Å²) < 4.78 is 30.1. The largest absolute Gasteiger partial charge is 0.504 e. The molecule has 1 aliphatic heterocycles. The number of sulfone groups is 1. The van der Waals surface area contributed by atoms with Crippen LogP contribution < -0.4 is 5.43 Å². The second-order valence-electron chi connectivity index (χ2n) is 5.25. The highest BCUT2D eigenvalue weighted by Gasteiger charge is 2.22. The van der Waals surface area contributed by atoms with Gasteiger partial charge in [0.2, 0.25) is 0 Å². The summed E-state index contributed by atoms with van der Waals surface area (Å²) >= 11 is 0. The molecule has 3 rings (SSSR count). The summed E-state index contributed by atoms with van der Waals surface area (Å²) in [4.78, 5) is 13.4. The lowest BCUT2D eigenvalue weighted by molar-refractivity contribution is -0.122. The zero-order chi connectivity index (χ0) is 17.9. The third-order valence-corrected chi connectivity index (χ3v) is 5.18. The Morgan fingerprint density at radius 1 is 1.32 bits per heavy atom. The number of rotatable bonds is 5. The number of carbonyl (C=O) groups is 1. The number of nitrogens with one attached hydrogen (secondary N) is 1. The van der Waals surface area contributed by atoms with E-state index < -0.39 is 21.5 Å². The fraction of sp³-hybridized carbons (Fsp3) is 0.125. The number of furan rings is 1. The van der Waals surface area contributed by atoms with Crippen molar-refractivity contribution in [3.05, 3.63) is 60.1 Å². The van der Waals surface area contributed by atoms with Gasteiger partial charge in [0.1, 0.15) is 13.0 Å². The minimum atomic E-state index is -3.61. The molecule has 1 aromatic heterocycles. The molecular weight excluding hydrogens is 346 g/mol. The van der Waals surface area contributed by atoms with Crippen molar-refractivity contribution in [2.24, 2.45) is 5.10 Å². The summed E-state index contributed by atoms with van der Waals surface area (Å²) in [5.74, 6) is -1.38. The molecular formula is C16H15N3O5S. The van der Waals surface area contributed by atoms with Crippen LogP contribution in [0.5, 0.6) is 0 Å². The smallest absolute Gasteiger partial charge is 0.257 e. The van der Waals surface area contributed by atoms with Gasteiger partial charge in [0.05, 0.1) is 16.9 Å². The Hall–Kier alpha value is -3.07. The van der Waals surface area contributed by atoms with E-state index in [9.17, 15) is 18.3 Å². The van der Waals surface area contributed by atoms with Crippen molar-refractivity contribution in [2.75, 3.05) is 6.67 Å². The molecule has 0 bridgehead atoms. The van der Waals surface area contributed by atoms with E-state index in [1.54, 1.807) is 18.2 Å². The SMILES string of the molecule is O=C(C=C(O)c1occc1CS(=O)(=O)c1ccccc1)N1C=NNC1. The third-order valence-electron chi connectivity index (χ3n) is 3.50. The third kappa shape index (κ3) is 3.72. The average molecular weight is 361 g/mol. The number of aliphatic hydroxyl groups excluding tert-OH is 1. The van der Waals surface area contributed by atoms with Crippen molar-refractivity contribution in [2.45, 2.75) is 10.6 Å². The Labute approximate surface area is 144 Å². The fourth-order valence-corrected chi connectivity index (χ4v) is 3.63. The molecule has 2 N–H and O–H groups in total. The topological polar surface area (TPSA) is 112 Å². The van der Waals surface area contributed by atoms with Crippen LogP contribution in [0.2, 0.25) is 0 Å². The molecule has 25 heavy (non-hydrogen) atoms. The maximum Gasteiger partial charge on any atom is 0.257 e. The fourth-order valence-electron chi connectivity index (χ4n) is 2.26. The van der Waals surface area contributed by atoms with Crippen molar-refractivity contribution < 1.29 is 22.7 Å². The van der Waals surface area contributed by atoms with E-state index >= 15 is 0 Å². The van der Waals surface area contributed by atoms with Crippen LogP contribution in [0.4, 0.5) is 0 Å². The lowest BCUT2D eigenvalue weighted by atomic mass is 10.2. The molecule has 0 fully saturated rings.